The van der Waals surface area contributed by atoms with E-state index in [-0.39, 0.29) is 15.0 Å². The number of carbonyl (C=O) groups excluding carboxylic acids is 1. The van der Waals surface area contributed by atoms with Crippen molar-refractivity contribution in [2.75, 3.05) is 0 Å². The number of carbonyl (C=O) groups is 1. The van der Waals surface area contributed by atoms with E-state index in [0.717, 1.165) is 11.7 Å². The fourth-order valence-electron chi connectivity index (χ4n) is 0.246. The van der Waals surface area contributed by atoms with Gasteiger partial charge in [-0.2, -0.15) is 0 Å². The van der Waals surface area contributed by atoms with Crippen LogP contribution in [0.25, 0.3) is 0 Å². The zero-order chi connectivity index (χ0) is 5.70. The van der Waals surface area contributed by atoms with Crippen LogP contribution in [0.3, 0.4) is 0 Å². The summed E-state index contributed by atoms with van der Waals surface area (Å²) in [6.45, 7) is 3.76. The molecule has 0 aromatic heterocycles. The maximum absolute atomic E-state index is 10.2. The molecule has 0 saturated carbocycles. The van der Waals surface area contributed by atoms with Crippen LogP contribution in [0.4, 0.5) is 0 Å². The van der Waals surface area contributed by atoms with Gasteiger partial charge in [0.05, 0.1) is 0 Å². The first kappa shape index (κ1) is 7.19. The van der Waals surface area contributed by atoms with Crippen LogP contribution in [0.1, 0.15) is 20.3 Å². The molecule has 7 heavy (non-hydrogen) atoms. The van der Waals surface area contributed by atoms with Gasteiger partial charge < -0.3 is 0 Å². The Balaban J connectivity index is 2.82. The van der Waals surface area contributed by atoms with Gasteiger partial charge in [-0.05, 0) is 0 Å². The molecule has 0 bridgehead atoms. The standard InChI is InChI=1S/C5H10OSe/c1-3-4-7-5(2)6/h3-4H2,1-2H3. The first-order valence-corrected chi connectivity index (χ1v) is 4.47. The second-order valence-electron chi connectivity index (χ2n) is 1.34. The molecule has 0 aliphatic carbocycles. The van der Waals surface area contributed by atoms with Gasteiger partial charge in [0.2, 0.25) is 0 Å². The minimum atomic E-state index is 0.286. The summed E-state index contributed by atoms with van der Waals surface area (Å²) in [4.78, 5) is 10.2. The Bertz CT molecular complexity index is 61.1. The topological polar surface area (TPSA) is 17.1 Å². The van der Waals surface area contributed by atoms with Gasteiger partial charge in [0.25, 0.3) is 0 Å². The van der Waals surface area contributed by atoms with Gasteiger partial charge in [-0.3, -0.25) is 0 Å². The van der Waals surface area contributed by atoms with Crippen LogP contribution >= 0.6 is 0 Å². The third kappa shape index (κ3) is 6.19. The summed E-state index contributed by atoms with van der Waals surface area (Å²) in [5, 5.41) is 1.11. The van der Waals surface area contributed by atoms with E-state index in [0.29, 0.717) is 4.68 Å². The number of hydrogen-bond donors (Lipinski definition) is 0. The van der Waals surface area contributed by atoms with Crippen LogP contribution in [0, 0.1) is 0 Å². The minimum absolute atomic E-state index is 0.286. The van der Waals surface area contributed by atoms with Crippen LogP contribution < -0.4 is 0 Å². The molecule has 0 aliphatic heterocycles. The van der Waals surface area contributed by atoms with E-state index in [1.54, 1.807) is 6.92 Å². The van der Waals surface area contributed by atoms with E-state index >= 15 is 0 Å². The molecule has 0 atom stereocenters. The van der Waals surface area contributed by atoms with E-state index in [9.17, 15) is 4.79 Å². The molecule has 0 heterocycles. The molecule has 0 N–H and O–H groups in total. The van der Waals surface area contributed by atoms with Gasteiger partial charge in [-0.1, -0.05) is 0 Å². The fraction of sp³-hybridized carbons (Fsp3) is 0.800. The molecule has 0 radical (unpaired) electrons. The van der Waals surface area contributed by atoms with Gasteiger partial charge in [0.1, 0.15) is 0 Å². The summed E-state index contributed by atoms with van der Waals surface area (Å²) in [6, 6.07) is 0. The summed E-state index contributed by atoms with van der Waals surface area (Å²) in [7, 11) is 0. The molecule has 0 amide bonds. The van der Waals surface area contributed by atoms with Crippen LogP contribution in [0.2, 0.25) is 5.32 Å². The molecular formula is C5H10OSe. The third-order valence-corrected chi connectivity index (χ3v) is 2.65. The molecule has 0 rings (SSSR count). The summed E-state index contributed by atoms with van der Waals surface area (Å²) in [5.41, 5.74) is 0. The Morgan fingerprint density at radius 2 is 2.29 bits per heavy atom. The van der Waals surface area contributed by atoms with Gasteiger partial charge in [-0.15, -0.1) is 0 Å². The first-order chi connectivity index (χ1) is 3.27. The predicted octanol–water partition coefficient (Wildman–Crippen LogP) is 1.07. The van der Waals surface area contributed by atoms with Crippen LogP contribution in [0.5, 0.6) is 0 Å². The Kier molecular flexibility index (Phi) is 4.47. The molecular weight excluding hydrogens is 155 g/mol. The Morgan fingerprint density at radius 3 is 2.43 bits per heavy atom. The van der Waals surface area contributed by atoms with Crippen molar-refractivity contribution < 1.29 is 4.79 Å². The Morgan fingerprint density at radius 1 is 1.71 bits per heavy atom. The predicted molar refractivity (Wildman–Crippen MR) is 31.5 cm³/mol. The molecule has 42 valence electrons. The van der Waals surface area contributed by atoms with Crippen LogP contribution in [-0.2, 0) is 4.79 Å². The molecule has 0 aromatic carbocycles. The van der Waals surface area contributed by atoms with Crippen molar-refractivity contribution in [2.45, 2.75) is 25.6 Å². The average molecular weight is 165 g/mol. The van der Waals surface area contributed by atoms with Crippen molar-refractivity contribution in [1.29, 1.82) is 0 Å². The average Bonchev–Trinajstić information content (AvgIpc) is 1.61. The molecule has 0 spiro atoms. The van der Waals surface area contributed by atoms with Crippen molar-refractivity contribution in [3.63, 3.8) is 0 Å². The fourth-order valence-corrected chi connectivity index (χ4v) is 1.28. The second-order valence-corrected chi connectivity index (χ2v) is 4.01. The summed E-state index contributed by atoms with van der Waals surface area (Å²) < 4.78 is 0.370. The zero-order valence-electron chi connectivity index (χ0n) is 4.73. The maximum atomic E-state index is 10.2. The van der Waals surface area contributed by atoms with Crippen molar-refractivity contribution in [3.05, 3.63) is 0 Å². The van der Waals surface area contributed by atoms with E-state index < -0.39 is 0 Å². The Labute approximate surface area is 50.6 Å². The SMILES string of the molecule is CCC[Se]C(C)=O. The molecule has 0 saturated heterocycles. The molecule has 0 unspecified atom stereocenters. The summed E-state index contributed by atoms with van der Waals surface area (Å²) in [5.74, 6) is 0. The monoisotopic (exact) mass is 166 g/mol. The normalized spacial score (nSPS) is 8.86. The van der Waals surface area contributed by atoms with E-state index in [4.69, 9.17) is 0 Å². The number of rotatable bonds is 3. The molecule has 0 fully saturated rings. The van der Waals surface area contributed by atoms with Crippen LogP contribution in [0.15, 0.2) is 0 Å². The van der Waals surface area contributed by atoms with Crippen molar-refractivity contribution in [3.8, 4) is 0 Å². The molecule has 1 nitrogen and oxygen atoms in total. The van der Waals surface area contributed by atoms with Crippen molar-refractivity contribution in [2.24, 2.45) is 0 Å². The van der Waals surface area contributed by atoms with Gasteiger partial charge in [0.15, 0.2) is 0 Å². The quantitative estimate of drug-likeness (QED) is 0.571. The van der Waals surface area contributed by atoms with E-state index in [1.807, 2.05) is 0 Å². The van der Waals surface area contributed by atoms with Crippen molar-refractivity contribution in [1.82, 2.24) is 0 Å². The summed E-state index contributed by atoms with van der Waals surface area (Å²) >= 11 is 0.286. The summed E-state index contributed by atoms with van der Waals surface area (Å²) in [6.07, 6.45) is 1.15. The molecule has 2 heteroatoms. The first-order valence-electron chi connectivity index (χ1n) is 2.40. The Hall–Kier alpha value is 0.189. The van der Waals surface area contributed by atoms with E-state index in [2.05, 4.69) is 6.92 Å². The molecule has 0 aromatic rings. The second kappa shape index (κ2) is 4.35. The van der Waals surface area contributed by atoms with E-state index in [1.165, 1.54) is 0 Å². The zero-order valence-corrected chi connectivity index (χ0v) is 6.44. The van der Waals surface area contributed by atoms with Crippen molar-refractivity contribution >= 4 is 19.6 Å². The number of hydrogen-bond acceptors (Lipinski definition) is 1. The molecule has 0 aliphatic rings. The third-order valence-electron chi connectivity index (χ3n) is 0.509. The van der Waals surface area contributed by atoms with Crippen LogP contribution in [-0.4, -0.2) is 19.6 Å². The van der Waals surface area contributed by atoms with Gasteiger partial charge in [-0.25, -0.2) is 0 Å². The van der Waals surface area contributed by atoms with Gasteiger partial charge in [0, 0.05) is 0 Å². The van der Waals surface area contributed by atoms with Gasteiger partial charge >= 0.3 is 50.0 Å².